The van der Waals surface area contributed by atoms with Gasteiger partial charge in [-0.3, -0.25) is 0 Å². The second kappa shape index (κ2) is 15.6. The van der Waals surface area contributed by atoms with Crippen molar-refractivity contribution < 1.29 is 26.6 Å². The van der Waals surface area contributed by atoms with Gasteiger partial charge in [-0.1, -0.05) is 57.2 Å². The third kappa shape index (κ3) is 13.5. The van der Waals surface area contributed by atoms with E-state index in [0.717, 1.165) is 0 Å². The first-order valence-corrected chi connectivity index (χ1v) is 14.1. The number of hydrogen-bond donors (Lipinski definition) is 1. The molecule has 0 aromatic heterocycles. The molecule has 0 fully saturated rings. The minimum absolute atomic E-state index is 0.140. The van der Waals surface area contributed by atoms with Gasteiger partial charge < -0.3 is 15.3 Å². The molecule has 148 valence electrons. The number of benzene rings is 2. The molecule has 2 radical (unpaired) electrons. The van der Waals surface area contributed by atoms with E-state index >= 15 is 0 Å². The monoisotopic (exact) mass is 459 g/mol. The van der Waals surface area contributed by atoms with Gasteiger partial charge >= 0.3 is 35.6 Å². The predicted octanol–water partition coefficient (Wildman–Crippen LogP) is 6.59. The molecule has 2 N–H and O–H groups in total. The Balaban J connectivity index is 0.000000409. The van der Waals surface area contributed by atoms with E-state index < -0.39 is 17.0 Å². The van der Waals surface area contributed by atoms with E-state index in [0.29, 0.717) is 16.4 Å². The molecule has 0 aliphatic carbocycles. The second-order valence-corrected chi connectivity index (χ2v) is 9.69. The fourth-order valence-electron chi connectivity index (χ4n) is 2.05. The van der Waals surface area contributed by atoms with Crippen molar-refractivity contribution in [3.63, 3.8) is 0 Å². The summed E-state index contributed by atoms with van der Waals surface area (Å²) >= 11 is -0.556. The van der Waals surface area contributed by atoms with Crippen LogP contribution in [0.4, 0.5) is 0 Å². The maximum absolute atomic E-state index is 8.08. The third-order valence-electron chi connectivity index (χ3n) is 2.86. The van der Waals surface area contributed by atoms with E-state index in [1.54, 1.807) is 0 Å². The number of aliphatic hydroxyl groups excluding tert-OH is 1. The van der Waals surface area contributed by atoms with Crippen LogP contribution in [0.5, 0.6) is 0 Å². The number of rotatable bonds is 3. The third-order valence-corrected chi connectivity index (χ3v) is 3.35. The molecule has 3 aromatic rings. The van der Waals surface area contributed by atoms with Crippen molar-refractivity contribution in [3.05, 3.63) is 60.3 Å². The molecule has 0 spiro atoms. The average Bonchev–Trinajstić information content (AvgIpc) is 2.98. The van der Waals surface area contributed by atoms with Gasteiger partial charge in [-0.2, -0.15) is 0 Å². The van der Waals surface area contributed by atoms with Crippen LogP contribution in [-0.4, -0.2) is 33.6 Å². The summed E-state index contributed by atoms with van der Waals surface area (Å²) in [7, 11) is 10.3. The normalized spacial score (nSPS) is 10.1. The van der Waals surface area contributed by atoms with Crippen LogP contribution in [0.3, 0.4) is 0 Å². The van der Waals surface area contributed by atoms with Gasteiger partial charge in [0.15, 0.2) is 0 Å². The molecule has 0 amide bonds. The first kappa shape index (κ1) is 26.7. The zero-order chi connectivity index (χ0) is 20.7. The molecule has 0 heterocycles. The quantitative estimate of drug-likeness (QED) is 0.273. The number of fused-ring (bicyclic) bond motifs is 3. The van der Waals surface area contributed by atoms with E-state index in [2.05, 4.69) is 54.6 Å². The molecule has 27 heavy (non-hydrogen) atoms. The molecule has 0 unspecified atom stereocenters. The number of hydrogen-bond acceptors (Lipinski definition) is 2. The largest absolute Gasteiger partial charge is 0.126 e. The fraction of sp³-hybridized carbons (Fsp3) is 0.350. The summed E-state index contributed by atoms with van der Waals surface area (Å²) in [6, 6.07) is 19.3. The standard InChI is InChI=1S/C13H9.C4H10N.C3H8O2Si.2ClH.Ti/c1-3-7-12-10(5-1)9-11-6-2-4-8-13(11)12;1-4(2,3)5;1-6-5-3-2-4;;;/h1-9H;5H,1-3H3;4H,2-3H2,1H3;2*1H;/q2*-1;;;;+2/p-2. The molecular weight excluding hydrogens is 433 g/mol. The summed E-state index contributed by atoms with van der Waals surface area (Å²) in [5.41, 5.74) is 6.69. The Kier molecular flexibility index (Phi) is 15.4. The van der Waals surface area contributed by atoms with Crippen LogP contribution in [0.15, 0.2) is 54.6 Å². The average molecular weight is 460 g/mol. The van der Waals surface area contributed by atoms with Gasteiger partial charge in [-0.25, -0.2) is 0 Å². The smallest absolute Gasteiger partial charge is 0.0771 e. The summed E-state index contributed by atoms with van der Waals surface area (Å²) in [4.78, 5) is 0. The van der Waals surface area contributed by atoms with Crippen molar-refractivity contribution in [3.8, 4) is 0 Å². The summed E-state index contributed by atoms with van der Waals surface area (Å²) in [5, 5.41) is 13.5. The summed E-state index contributed by atoms with van der Waals surface area (Å²) < 4.78 is 4.76. The van der Waals surface area contributed by atoms with Crippen LogP contribution in [-0.2, 0) is 21.5 Å². The summed E-state index contributed by atoms with van der Waals surface area (Å²) in [5.74, 6) is 0. The first-order valence-electron chi connectivity index (χ1n) is 8.42. The van der Waals surface area contributed by atoms with Crippen LogP contribution < -0.4 is 0 Å². The van der Waals surface area contributed by atoms with Crippen molar-refractivity contribution in [2.24, 2.45) is 0 Å². The summed E-state index contributed by atoms with van der Waals surface area (Å²) in [6.07, 6.45) is 0. The van der Waals surface area contributed by atoms with Crippen LogP contribution in [0.2, 0.25) is 6.55 Å². The molecule has 3 nitrogen and oxygen atoms in total. The molecule has 0 aliphatic rings. The molecule has 0 aliphatic heterocycles. The molecule has 0 bridgehead atoms. The van der Waals surface area contributed by atoms with Gasteiger partial charge in [0.25, 0.3) is 0 Å². The van der Waals surface area contributed by atoms with E-state index in [-0.39, 0.29) is 12.1 Å². The molecule has 3 rings (SSSR count). The number of nitrogens with one attached hydrogen (secondary N) is 1. The Morgan fingerprint density at radius 2 is 1.41 bits per heavy atom. The summed E-state index contributed by atoms with van der Waals surface area (Å²) in [6.45, 7) is 8.11. The van der Waals surface area contributed by atoms with E-state index in [1.165, 1.54) is 21.5 Å². The van der Waals surface area contributed by atoms with Gasteiger partial charge in [-0.05, 0) is 6.55 Å². The minimum Gasteiger partial charge on any atom is -0.126 e. The van der Waals surface area contributed by atoms with Crippen molar-refractivity contribution in [2.45, 2.75) is 32.9 Å². The Bertz CT molecular complexity index is 687. The van der Waals surface area contributed by atoms with E-state index in [1.807, 2.05) is 27.3 Å². The topological polar surface area (TPSA) is 53.3 Å². The van der Waals surface area contributed by atoms with Crippen LogP contribution >= 0.6 is 18.6 Å². The van der Waals surface area contributed by atoms with E-state index in [4.69, 9.17) is 33.9 Å². The van der Waals surface area contributed by atoms with E-state index in [9.17, 15) is 0 Å². The van der Waals surface area contributed by atoms with Crippen molar-refractivity contribution >= 4 is 49.9 Å². The molecule has 0 atom stereocenters. The van der Waals surface area contributed by atoms with Gasteiger partial charge in [-0.15, -0.1) is 45.3 Å². The van der Waals surface area contributed by atoms with Crippen molar-refractivity contribution in [1.29, 1.82) is 0 Å². The zero-order valence-corrected chi connectivity index (χ0v) is 20.3. The zero-order valence-electron chi connectivity index (χ0n) is 16.2. The minimum atomic E-state index is -0.556. The van der Waals surface area contributed by atoms with Gasteiger partial charge in [0.1, 0.15) is 0 Å². The number of aliphatic hydroxyl groups is 1. The van der Waals surface area contributed by atoms with Gasteiger partial charge in [0, 0.05) is 0 Å². The molecule has 0 saturated carbocycles. The Labute approximate surface area is 182 Å². The van der Waals surface area contributed by atoms with Crippen LogP contribution in [0, 0.1) is 0 Å². The van der Waals surface area contributed by atoms with Crippen LogP contribution in [0.1, 0.15) is 20.8 Å². The molecular formula is C20H27Cl2NO2SiTi-2. The van der Waals surface area contributed by atoms with Crippen LogP contribution in [0.25, 0.3) is 27.3 Å². The fourth-order valence-corrected chi connectivity index (χ4v) is 2.35. The molecule has 7 heteroatoms. The van der Waals surface area contributed by atoms with Crippen molar-refractivity contribution in [2.75, 3.05) is 13.2 Å². The Morgan fingerprint density at radius 3 is 1.70 bits per heavy atom. The van der Waals surface area contributed by atoms with Gasteiger partial charge in [0.2, 0.25) is 9.76 Å². The van der Waals surface area contributed by atoms with Gasteiger partial charge in [0.05, 0.1) is 13.2 Å². The number of halogens is 2. The second-order valence-electron chi connectivity index (χ2n) is 6.42. The molecule has 0 saturated heterocycles. The molecule has 3 aromatic carbocycles. The Hall–Kier alpha value is -0.299. The Morgan fingerprint density at radius 1 is 1.04 bits per heavy atom. The van der Waals surface area contributed by atoms with Crippen molar-refractivity contribution in [1.82, 2.24) is 0 Å². The maximum Gasteiger partial charge on any atom is -0.0771 e. The first-order chi connectivity index (χ1) is 12.8. The maximum atomic E-state index is 8.08. The SMILES string of the molecule is CC(C)(C)[NH-].C[Si]OCCO.[Cl][Ti][Cl].c1ccc2c(c1)[cH-]c1ccccc12. The predicted molar refractivity (Wildman–Crippen MR) is 117 cm³/mol.